The maximum atomic E-state index is 12.0. The van der Waals surface area contributed by atoms with Gasteiger partial charge in [-0.25, -0.2) is 4.99 Å². The van der Waals surface area contributed by atoms with Crippen molar-refractivity contribution < 1.29 is 19.0 Å². The van der Waals surface area contributed by atoms with Crippen molar-refractivity contribution in [2.75, 3.05) is 13.2 Å². The number of carbonyl (C=O) groups excluding carboxylic acids is 1. The summed E-state index contributed by atoms with van der Waals surface area (Å²) >= 11 is 0. The molecule has 0 aliphatic heterocycles. The Kier molecular flexibility index (Phi) is 9.47. The maximum Gasteiger partial charge on any atom is 0.308 e. The Balaban J connectivity index is 1.92. The van der Waals surface area contributed by atoms with E-state index in [4.69, 9.17) is 14.2 Å². The van der Waals surface area contributed by atoms with Gasteiger partial charge in [-0.15, -0.1) is 0 Å². The lowest BCUT2D eigenvalue weighted by molar-refractivity contribution is -0.131. The van der Waals surface area contributed by atoms with Gasteiger partial charge in [0, 0.05) is 36.2 Å². The van der Waals surface area contributed by atoms with Crippen molar-refractivity contribution in [3.05, 3.63) is 75.5 Å². The van der Waals surface area contributed by atoms with Gasteiger partial charge < -0.3 is 19.2 Å². The van der Waals surface area contributed by atoms with Gasteiger partial charge in [0.05, 0.1) is 13.2 Å². The Hall–Kier alpha value is -3.61. The number of hydrogen-bond acceptors (Lipinski definition) is 6. The van der Waals surface area contributed by atoms with Gasteiger partial charge in [-0.2, -0.15) is 0 Å². The molecule has 0 saturated heterocycles. The van der Waals surface area contributed by atoms with Crippen LogP contribution in [0.15, 0.2) is 58.2 Å². The molecular formula is C25H30N2O5. The summed E-state index contributed by atoms with van der Waals surface area (Å²) in [5.74, 6) is 1.18. The summed E-state index contributed by atoms with van der Waals surface area (Å²) in [6.45, 7) is 11.5. The van der Waals surface area contributed by atoms with Crippen LogP contribution in [0.25, 0.3) is 5.57 Å². The number of carbonyl (C=O) groups is 1. The van der Waals surface area contributed by atoms with Crippen LogP contribution in [0.3, 0.4) is 0 Å². The minimum atomic E-state index is -0.363. The fraction of sp³-hybridized carbons (Fsp3) is 0.320. The number of nitrogens with zero attached hydrogens (tertiary/aromatic N) is 1. The number of esters is 1. The zero-order chi connectivity index (χ0) is 23.5. The summed E-state index contributed by atoms with van der Waals surface area (Å²) in [7, 11) is 0. The number of pyridine rings is 1. The monoisotopic (exact) mass is 438 g/mol. The first kappa shape index (κ1) is 24.7. The molecule has 1 aromatic carbocycles. The molecule has 1 heterocycles. The van der Waals surface area contributed by atoms with Crippen LogP contribution in [0.5, 0.6) is 11.5 Å². The van der Waals surface area contributed by atoms with Crippen LogP contribution >= 0.6 is 0 Å². The van der Waals surface area contributed by atoms with Crippen molar-refractivity contribution in [3.63, 3.8) is 0 Å². The van der Waals surface area contributed by atoms with Crippen molar-refractivity contribution in [2.24, 2.45) is 4.99 Å². The topological polar surface area (TPSA) is 90.0 Å². The molecule has 0 aliphatic rings. The normalized spacial score (nSPS) is 11.8. The predicted molar refractivity (Wildman–Crippen MR) is 126 cm³/mol. The summed E-state index contributed by atoms with van der Waals surface area (Å²) in [5.41, 5.74) is 3.26. The van der Waals surface area contributed by atoms with Crippen molar-refractivity contribution in [2.45, 2.75) is 40.5 Å². The zero-order valence-electron chi connectivity index (χ0n) is 19.1. The van der Waals surface area contributed by atoms with Crippen LogP contribution in [-0.2, 0) is 16.0 Å². The third-order valence-electron chi connectivity index (χ3n) is 4.65. The molecule has 1 N–H and O–H groups in total. The summed E-state index contributed by atoms with van der Waals surface area (Å²) in [4.78, 5) is 29.8. The van der Waals surface area contributed by atoms with E-state index in [9.17, 15) is 9.59 Å². The zero-order valence-corrected chi connectivity index (χ0v) is 19.1. The fourth-order valence-corrected chi connectivity index (χ4v) is 3.01. The number of H-pyrrole nitrogens is 1. The highest BCUT2D eigenvalue weighted by atomic mass is 16.5. The van der Waals surface area contributed by atoms with Gasteiger partial charge in [-0.05, 0) is 62.9 Å². The molecule has 2 rings (SSSR count). The highest BCUT2D eigenvalue weighted by Crippen LogP contribution is 2.22. The van der Waals surface area contributed by atoms with Crippen LogP contribution in [-0.4, -0.2) is 30.9 Å². The quantitative estimate of drug-likeness (QED) is 0.138. The standard InChI is InChI=1S/C25H30N2O5/c1-6-19(23-15-20(7-2)25(29)27-17(23)3)16-24(26-5)31-14-8-13-30-21-9-11-22(12-10-21)32-18(4)28/h6,9-12,15-16H,5,7-8,13-14H2,1-4H3,(H,27,29)/b19-6+,24-16+. The largest absolute Gasteiger partial charge is 0.493 e. The minimum absolute atomic E-state index is 0.0625. The summed E-state index contributed by atoms with van der Waals surface area (Å²) < 4.78 is 16.4. The summed E-state index contributed by atoms with van der Waals surface area (Å²) in [5, 5.41) is 0. The molecule has 0 unspecified atom stereocenters. The number of allylic oxidation sites excluding steroid dienone is 3. The second kappa shape index (κ2) is 12.3. The third-order valence-corrected chi connectivity index (χ3v) is 4.65. The second-order valence-corrected chi connectivity index (χ2v) is 7.02. The van der Waals surface area contributed by atoms with Crippen molar-refractivity contribution in [3.8, 4) is 11.5 Å². The molecule has 0 aliphatic carbocycles. The Morgan fingerprint density at radius 2 is 1.88 bits per heavy atom. The van der Waals surface area contributed by atoms with E-state index in [1.807, 2.05) is 39.0 Å². The number of hydrogen-bond donors (Lipinski definition) is 1. The number of benzene rings is 1. The Bertz CT molecular complexity index is 1050. The number of aromatic nitrogens is 1. The van der Waals surface area contributed by atoms with E-state index in [2.05, 4.69) is 16.7 Å². The molecule has 7 nitrogen and oxygen atoms in total. The molecule has 0 amide bonds. The molecule has 1 aromatic heterocycles. The van der Waals surface area contributed by atoms with E-state index in [1.54, 1.807) is 24.3 Å². The first-order valence-corrected chi connectivity index (χ1v) is 10.5. The first-order valence-electron chi connectivity index (χ1n) is 10.5. The lowest BCUT2D eigenvalue weighted by Crippen LogP contribution is -2.14. The van der Waals surface area contributed by atoms with Crippen LogP contribution in [0.2, 0.25) is 0 Å². The van der Waals surface area contributed by atoms with Gasteiger partial charge in [0.2, 0.25) is 5.88 Å². The SMILES string of the molecule is C=N/C(=C\C(=C/C)c1cc(CC)c(=O)[nH]c1C)OCCCOc1ccc(OC(C)=O)cc1. The molecule has 0 radical (unpaired) electrons. The molecule has 0 fully saturated rings. The smallest absolute Gasteiger partial charge is 0.308 e. The molecule has 0 spiro atoms. The summed E-state index contributed by atoms with van der Waals surface area (Å²) in [6.07, 6.45) is 5.04. The molecule has 0 atom stereocenters. The van der Waals surface area contributed by atoms with Crippen LogP contribution in [0, 0.1) is 6.92 Å². The minimum Gasteiger partial charge on any atom is -0.493 e. The van der Waals surface area contributed by atoms with Gasteiger partial charge in [0.1, 0.15) is 11.5 Å². The number of aryl methyl sites for hydroxylation is 2. The van der Waals surface area contributed by atoms with Crippen LogP contribution < -0.4 is 15.0 Å². The van der Waals surface area contributed by atoms with E-state index in [0.29, 0.717) is 43.4 Å². The van der Waals surface area contributed by atoms with Crippen molar-refractivity contribution in [1.82, 2.24) is 4.98 Å². The van der Waals surface area contributed by atoms with E-state index < -0.39 is 0 Å². The average Bonchev–Trinajstić information content (AvgIpc) is 2.77. The van der Waals surface area contributed by atoms with E-state index in [-0.39, 0.29) is 11.5 Å². The highest BCUT2D eigenvalue weighted by Gasteiger charge is 2.09. The molecule has 170 valence electrons. The number of ether oxygens (including phenoxy) is 3. The number of aliphatic imine (C=N–C) groups is 1. The molecule has 32 heavy (non-hydrogen) atoms. The van der Waals surface area contributed by atoms with Crippen LogP contribution in [0.1, 0.15) is 44.0 Å². The average molecular weight is 439 g/mol. The van der Waals surface area contributed by atoms with Gasteiger partial charge in [0.15, 0.2) is 0 Å². The maximum absolute atomic E-state index is 12.0. The van der Waals surface area contributed by atoms with Crippen molar-refractivity contribution >= 4 is 18.3 Å². The Labute approximate surface area is 188 Å². The van der Waals surface area contributed by atoms with Gasteiger partial charge in [0.25, 0.3) is 5.56 Å². The lowest BCUT2D eigenvalue weighted by atomic mass is 10.0. The number of aromatic amines is 1. The van der Waals surface area contributed by atoms with Gasteiger partial charge >= 0.3 is 5.97 Å². The predicted octanol–water partition coefficient (Wildman–Crippen LogP) is 4.60. The lowest BCUT2D eigenvalue weighted by Gasteiger charge is -2.11. The molecule has 7 heteroatoms. The first-order chi connectivity index (χ1) is 15.4. The van der Waals surface area contributed by atoms with E-state index in [0.717, 1.165) is 22.4 Å². The highest BCUT2D eigenvalue weighted by molar-refractivity contribution is 5.75. The number of rotatable bonds is 11. The molecule has 2 aromatic rings. The van der Waals surface area contributed by atoms with E-state index >= 15 is 0 Å². The Morgan fingerprint density at radius 3 is 2.47 bits per heavy atom. The second-order valence-electron chi connectivity index (χ2n) is 7.02. The third kappa shape index (κ3) is 7.27. The van der Waals surface area contributed by atoms with Crippen LogP contribution in [0.4, 0.5) is 0 Å². The molecule has 0 bridgehead atoms. The number of nitrogens with one attached hydrogen (secondary N) is 1. The molecular weight excluding hydrogens is 408 g/mol. The van der Waals surface area contributed by atoms with Gasteiger partial charge in [-0.1, -0.05) is 13.0 Å². The van der Waals surface area contributed by atoms with Crippen molar-refractivity contribution in [1.29, 1.82) is 0 Å². The molecule has 0 saturated carbocycles. The van der Waals surface area contributed by atoms with Gasteiger partial charge in [-0.3, -0.25) is 9.59 Å². The summed E-state index contributed by atoms with van der Waals surface area (Å²) in [6, 6.07) is 8.74. The Morgan fingerprint density at radius 1 is 1.19 bits per heavy atom. The van der Waals surface area contributed by atoms with E-state index in [1.165, 1.54) is 6.92 Å². The fourth-order valence-electron chi connectivity index (χ4n) is 3.01.